The van der Waals surface area contributed by atoms with Crippen molar-refractivity contribution in [3.63, 3.8) is 0 Å². The van der Waals surface area contributed by atoms with E-state index >= 15 is 0 Å². The lowest BCUT2D eigenvalue weighted by atomic mass is 10.0. The van der Waals surface area contributed by atoms with E-state index in [2.05, 4.69) is 59.3 Å². The fraction of sp³-hybridized carbons (Fsp3) is 0.227. The standard InChI is InChI=1S/C22H24N2OS/c1-15-9-11-18(12-10-15)21(20-8-5-13-26-20)23-17(3)22(25)24-19-7-4-6-16(2)14-19/h4-14,17,21,23H,1-3H3,(H,24,25)/p+1/t17-,21-/m1/s1. The predicted molar refractivity (Wildman–Crippen MR) is 109 cm³/mol. The largest absolute Gasteiger partial charge is 0.326 e. The van der Waals surface area contributed by atoms with Crippen LogP contribution in [0.25, 0.3) is 0 Å². The van der Waals surface area contributed by atoms with E-state index in [0.29, 0.717) is 0 Å². The zero-order chi connectivity index (χ0) is 18.5. The topological polar surface area (TPSA) is 45.7 Å². The number of rotatable bonds is 6. The maximum absolute atomic E-state index is 12.7. The molecule has 0 unspecified atom stereocenters. The van der Waals surface area contributed by atoms with E-state index in [1.54, 1.807) is 11.3 Å². The lowest BCUT2D eigenvalue weighted by molar-refractivity contribution is -0.703. The third kappa shape index (κ3) is 4.59. The van der Waals surface area contributed by atoms with Crippen molar-refractivity contribution in [1.82, 2.24) is 0 Å². The second-order valence-electron chi connectivity index (χ2n) is 6.74. The summed E-state index contributed by atoms with van der Waals surface area (Å²) in [5.41, 5.74) is 4.44. The maximum Gasteiger partial charge on any atom is 0.282 e. The Morgan fingerprint density at radius 2 is 1.77 bits per heavy atom. The van der Waals surface area contributed by atoms with Gasteiger partial charge < -0.3 is 10.6 Å². The molecule has 26 heavy (non-hydrogen) atoms. The smallest absolute Gasteiger partial charge is 0.282 e. The molecule has 2 aromatic carbocycles. The highest BCUT2D eigenvalue weighted by Crippen LogP contribution is 2.23. The van der Waals surface area contributed by atoms with Gasteiger partial charge in [-0.25, -0.2) is 0 Å². The van der Waals surface area contributed by atoms with E-state index in [1.807, 2.05) is 38.1 Å². The van der Waals surface area contributed by atoms with Crippen LogP contribution < -0.4 is 10.6 Å². The molecule has 0 radical (unpaired) electrons. The number of thiophene rings is 1. The quantitative estimate of drug-likeness (QED) is 0.680. The predicted octanol–water partition coefficient (Wildman–Crippen LogP) is 4.04. The summed E-state index contributed by atoms with van der Waals surface area (Å²) in [6, 6.07) is 20.6. The molecule has 4 heteroatoms. The molecule has 3 rings (SSSR count). The number of carbonyl (C=O) groups excluding carboxylic acids is 1. The first-order valence-electron chi connectivity index (χ1n) is 8.85. The zero-order valence-electron chi connectivity index (χ0n) is 15.4. The van der Waals surface area contributed by atoms with Crippen molar-refractivity contribution in [2.45, 2.75) is 32.9 Å². The molecule has 2 atom stereocenters. The van der Waals surface area contributed by atoms with Gasteiger partial charge in [-0.1, -0.05) is 48.0 Å². The average Bonchev–Trinajstić information content (AvgIpc) is 3.14. The molecule has 134 valence electrons. The molecule has 1 heterocycles. The van der Waals surface area contributed by atoms with Crippen LogP contribution in [-0.4, -0.2) is 11.9 Å². The number of hydrogen-bond acceptors (Lipinski definition) is 2. The van der Waals surface area contributed by atoms with E-state index in [4.69, 9.17) is 0 Å². The summed E-state index contributed by atoms with van der Waals surface area (Å²) in [5.74, 6) is 0.0178. The minimum Gasteiger partial charge on any atom is -0.326 e. The van der Waals surface area contributed by atoms with Crippen LogP contribution in [0.15, 0.2) is 66.0 Å². The molecule has 0 aliphatic rings. The van der Waals surface area contributed by atoms with Gasteiger partial charge in [0.1, 0.15) is 6.04 Å². The van der Waals surface area contributed by atoms with Gasteiger partial charge in [0.2, 0.25) is 0 Å². The van der Waals surface area contributed by atoms with E-state index in [9.17, 15) is 4.79 Å². The first-order valence-corrected chi connectivity index (χ1v) is 9.73. The third-order valence-corrected chi connectivity index (χ3v) is 5.42. The van der Waals surface area contributed by atoms with Crippen molar-refractivity contribution in [2.24, 2.45) is 0 Å². The minimum absolute atomic E-state index is 0.0178. The van der Waals surface area contributed by atoms with Crippen molar-refractivity contribution in [3.8, 4) is 0 Å². The first-order chi connectivity index (χ1) is 12.5. The fourth-order valence-electron chi connectivity index (χ4n) is 2.97. The Morgan fingerprint density at radius 3 is 2.42 bits per heavy atom. The number of quaternary nitrogens is 1. The molecule has 1 amide bonds. The molecule has 0 saturated carbocycles. The zero-order valence-corrected chi connectivity index (χ0v) is 16.2. The van der Waals surface area contributed by atoms with E-state index in [-0.39, 0.29) is 18.0 Å². The number of anilines is 1. The molecule has 0 aliphatic carbocycles. The fourth-order valence-corrected chi connectivity index (χ4v) is 3.80. The molecule has 3 nitrogen and oxygen atoms in total. The Morgan fingerprint density at radius 1 is 1.00 bits per heavy atom. The molecular formula is C22H25N2OS+. The summed E-state index contributed by atoms with van der Waals surface area (Å²) < 4.78 is 0. The normalized spacial score (nSPS) is 13.2. The minimum atomic E-state index is -0.205. The number of carbonyl (C=O) groups is 1. The molecule has 0 aliphatic heterocycles. The van der Waals surface area contributed by atoms with Crippen LogP contribution in [0.4, 0.5) is 5.69 Å². The Kier molecular flexibility index (Phi) is 5.86. The van der Waals surface area contributed by atoms with Gasteiger partial charge in [-0.15, -0.1) is 11.3 Å². The van der Waals surface area contributed by atoms with Crippen LogP contribution in [0.5, 0.6) is 0 Å². The molecule has 1 aromatic heterocycles. The monoisotopic (exact) mass is 365 g/mol. The van der Waals surface area contributed by atoms with Crippen LogP contribution in [0.3, 0.4) is 0 Å². The number of amides is 1. The molecule has 0 spiro atoms. The number of nitrogens with one attached hydrogen (secondary N) is 1. The summed E-state index contributed by atoms with van der Waals surface area (Å²) in [6.07, 6.45) is 0. The van der Waals surface area contributed by atoms with Crippen molar-refractivity contribution >= 4 is 22.9 Å². The summed E-state index contributed by atoms with van der Waals surface area (Å²) in [5, 5.41) is 7.25. The van der Waals surface area contributed by atoms with E-state index < -0.39 is 0 Å². The molecular weight excluding hydrogens is 340 g/mol. The lowest BCUT2D eigenvalue weighted by Crippen LogP contribution is -2.92. The van der Waals surface area contributed by atoms with E-state index in [1.165, 1.54) is 16.0 Å². The Hall–Kier alpha value is -2.43. The molecule has 0 fully saturated rings. The van der Waals surface area contributed by atoms with Crippen LogP contribution in [0.1, 0.15) is 34.5 Å². The number of hydrogen-bond donors (Lipinski definition) is 2. The SMILES string of the molecule is Cc1ccc([C@@H]([NH2+][C@H](C)C(=O)Nc2cccc(C)c2)c2cccs2)cc1. The highest BCUT2D eigenvalue weighted by molar-refractivity contribution is 7.10. The van der Waals surface area contributed by atoms with Gasteiger partial charge >= 0.3 is 0 Å². The Bertz CT molecular complexity index is 856. The van der Waals surface area contributed by atoms with Crippen LogP contribution in [0, 0.1) is 13.8 Å². The van der Waals surface area contributed by atoms with Gasteiger partial charge in [0, 0.05) is 11.3 Å². The number of aryl methyl sites for hydroxylation is 2. The second kappa shape index (κ2) is 8.30. The Balaban J connectivity index is 1.75. The molecule has 0 bridgehead atoms. The van der Waals surface area contributed by atoms with Crippen LogP contribution in [-0.2, 0) is 4.79 Å². The average molecular weight is 366 g/mol. The van der Waals surface area contributed by atoms with Crippen LogP contribution >= 0.6 is 11.3 Å². The molecule has 0 saturated heterocycles. The van der Waals surface area contributed by atoms with Gasteiger partial charge in [0.15, 0.2) is 6.04 Å². The van der Waals surface area contributed by atoms with Gasteiger partial charge in [-0.3, -0.25) is 4.79 Å². The summed E-state index contributed by atoms with van der Waals surface area (Å²) >= 11 is 1.73. The summed E-state index contributed by atoms with van der Waals surface area (Å²) in [4.78, 5) is 13.9. The van der Waals surface area contributed by atoms with Crippen molar-refractivity contribution in [3.05, 3.63) is 87.6 Å². The van der Waals surface area contributed by atoms with E-state index in [0.717, 1.165) is 11.3 Å². The molecule has 3 N–H and O–H groups in total. The van der Waals surface area contributed by atoms with Gasteiger partial charge in [-0.2, -0.15) is 0 Å². The summed E-state index contributed by atoms with van der Waals surface area (Å²) in [7, 11) is 0. The second-order valence-corrected chi connectivity index (χ2v) is 7.72. The summed E-state index contributed by atoms with van der Waals surface area (Å²) in [6.45, 7) is 6.07. The third-order valence-electron chi connectivity index (χ3n) is 4.47. The Labute approximate surface area is 159 Å². The van der Waals surface area contributed by atoms with Crippen LogP contribution in [0.2, 0.25) is 0 Å². The highest BCUT2D eigenvalue weighted by atomic mass is 32.1. The van der Waals surface area contributed by atoms with Crippen molar-refractivity contribution < 1.29 is 10.1 Å². The first kappa shape index (κ1) is 18.4. The highest BCUT2D eigenvalue weighted by Gasteiger charge is 2.25. The van der Waals surface area contributed by atoms with Crippen molar-refractivity contribution in [2.75, 3.05) is 5.32 Å². The molecule has 3 aromatic rings. The van der Waals surface area contributed by atoms with Gasteiger partial charge in [0.25, 0.3) is 5.91 Å². The number of nitrogens with two attached hydrogens (primary N) is 1. The van der Waals surface area contributed by atoms with Gasteiger partial charge in [0.05, 0.1) is 4.88 Å². The van der Waals surface area contributed by atoms with Gasteiger partial charge in [-0.05, 0) is 49.9 Å². The van der Waals surface area contributed by atoms with Crippen molar-refractivity contribution in [1.29, 1.82) is 0 Å². The lowest BCUT2D eigenvalue weighted by Gasteiger charge is -2.19. The number of benzene rings is 2. The maximum atomic E-state index is 12.7.